The number of nitrogens with one attached hydrogen (secondary N) is 3. The third kappa shape index (κ3) is 6.26. The predicted octanol–water partition coefficient (Wildman–Crippen LogP) is 0.161. The molecule has 0 aromatic rings. The molecule has 5 nitrogen and oxygen atoms in total. The molecule has 0 bridgehead atoms. The van der Waals surface area contributed by atoms with Crippen molar-refractivity contribution in [2.75, 3.05) is 19.6 Å². The van der Waals surface area contributed by atoms with Crippen LogP contribution in [0.4, 0.5) is 0 Å². The van der Waals surface area contributed by atoms with Crippen LogP contribution in [0.25, 0.3) is 0 Å². The smallest absolute Gasteiger partial charge is 0.220 e. The summed E-state index contributed by atoms with van der Waals surface area (Å²) in [7, 11) is 0. The minimum atomic E-state index is -0.0407. The quantitative estimate of drug-likeness (QED) is 0.594. The Hall–Kier alpha value is -1.10. The number of amides is 2. The van der Waals surface area contributed by atoms with Gasteiger partial charge in [0.1, 0.15) is 0 Å². The summed E-state index contributed by atoms with van der Waals surface area (Å²) in [4.78, 5) is 22.7. The minimum Gasteiger partial charge on any atom is -0.356 e. The van der Waals surface area contributed by atoms with Gasteiger partial charge in [-0.2, -0.15) is 0 Å². The predicted molar refractivity (Wildman–Crippen MR) is 66.6 cm³/mol. The first kappa shape index (κ1) is 14.0. The zero-order valence-corrected chi connectivity index (χ0v) is 10.6. The van der Waals surface area contributed by atoms with E-state index >= 15 is 0 Å². The van der Waals surface area contributed by atoms with Crippen LogP contribution in [-0.4, -0.2) is 37.5 Å². The van der Waals surface area contributed by atoms with Gasteiger partial charge in [0.2, 0.25) is 11.8 Å². The summed E-state index contributed by atoms with van der Waals surface area (Å²) in [6, 6.07) is 0.410. The van der Waals surface area contributed by atoms with E-state index in [0.717, 1.165) is 19.4 Å². The molecule has 1 fully saturated rings. The summed E-state index contributed by atoms with van der Waals surface area (Å²) >= 11 is 0. The fraction of sp³-hybridized carbons (Fsp3) is 0.833. The molecular formula is C12H23N3O2. The Kier molecular flexibility index (Phi) is 6.62. The maximum Gasteiger partial charge on any atom is 0.220 e. The molecule has 0 radical (unpaired) electrons. The van der Waals surface area contributed by atoms with Crippen molar-refractivity contribution in [2.24, 2.45) is 0 Å². The highest BCUT2D eigenvalue weighted by atomic mass is 16.2. The van der Waals surface area contributed by atoms with E-state index in [-0.39, 0.29) is 24.7 Å². The first-order valence-corrected chi connectivity index (χ1v) is 6.49. The van der Waals surface area contributed by atoms with E-state index in [1.54, 1.807) is 0 Å². The van der Waals surface area contributed by atoms with Gasteiger partial charge in [0, 0.05) is 32.0 Å². The van der Waals surface area contributed by atoms with Crippen LogP contribution in [-0.2, 0) is 9.59 Å². The van der Waals surface area contributed by atoms with Gasteiger partial charge in [-0.05, 0) is 25.8 Å². The van der Waals surface area contributed by atoms with Crippen molar-refractivity contribution in [3.05, 3.63) is 0 Å². The van der Waals surface area contributed by atoms with Gasteiger partial charge in [0.05, 0.1) is 0 Å². The van der Waals surface area contributed by atoms with Gasteiger partial charge in [-0.15, -0.1) is 0 Å². The number of carbonyl (C=O) groups excluding carboxylic acids is 2. The topological polar surface area (TPSA) is 70.2 Å². The molecule has 0 aromatic heterocycles. The lowest BCUT2D eigenvalue weighted by Crippen LogP contribution is -2.37. The lowest BCUT2D eigenvalue weighted by molar-refractivity contribution is -0.126. The fourth-order valence-electron chi connectivity index (χ4n) is 1.84. The van der Waals surface area contributed by atoms with Crippen LogP contribution in [0.15, 0.2) is 0 Å². The zero-order chi connectivity index (χ0) is 12.5. The molecule has 2 amide bonds. The van der Waals surface area contributed by atoms with Crippen molar-refractivity contribution in [2.45, 2.75) is 45.1 Å². The van der Waals surface area contributed by atoms with Gasteiger partial charge < -0.3 is 16.0 Å². The second-order valence-electron chi connectivity index (χ2n) is 4.45. The molecule has 0 saturated carbocycles. The molecule has 98 valence electrons. The van der Waals surface area contributed by atoms with Gasteiger partial charge >= 0.3 is 0 Å². The highest BCUT2D eigenvalue weighted by Crippen LogP contribution is 2.03. The largest absolute Gasteiger partial charge is 0.356 e. The minimum absolute atomic E-state index is 0.0367. The van der Waals surface area contributed by atoms with Crippen molar-refractivity contribution in [1.29, 1.82) is 0 Å². The van der Waals surface area contributed by atoms with Crippen LogP contribution in [0.3, 0.4) is 0 Å². The van der Waals surface area contributed by atoms with Crippen molar-refractivity contribution in [1.82, 2.24) is 16.0 Å². The van der Waals surface area contributed by atoms with Crippen molar-refractivity contribution >= 4 is 11.8 Å². The van der Waals surface area contributed by atoms with Crippen LogP contribution >= 0.6 is 0 Å². The average molecular weight is 241 g/mol. The van der Waals surface area contributed by atoms with E-state index in [9.17, 15) is 9.59 Å². The van der Waals surface area contributed by atoms with Crippen LogP contribution in [0.2, 0.25) is 0 Å². The van der Waals surface area contributed by atoms with E-state index in [1.165, 1.54) is 6.42 Å². The molecule has 17 heavy (non-hydrogen) atoms. The molecule has 0 spiro atoms. The molecule has 0 aromatic carbocycles. The number of rotatable bonds is 7. The summed E-state index contributed by atoms with van der Waals surface area (Å²) in [5, 5.41) is 8.92. The molecule has 1 saturated heterocycles. The van der Waals surface area contributed by atoms with E-state index < -0.39 is 0 Å². The average Bonchev–Trinajstić information content (AvgIpc) is 2.84. The Balaban J connectivity index is 2.02. The highest BCUT2D eigenvalue weighted by molar-refractivity contribution is 5.83. The van der Waals surface area contributed by atoms with Crippen molar-refractivity contribution < 1.29 is 9.59 Å². The first-order chi connectivity index (χ1) is 8.22. The molecule has 1 aliphatic heterocycles. The third-order valence-electron chi connectivity index (χ3n) is 2.86. The first-order valence-electron chi connectivity index (χ1n) is 6.49. The van der Waals surface area contributed by atoms with Gasteiger partial charge in [0.15, 0.2) is 0 Å². The molecule has 5 heteroatoms. The molecule has 1 aliphatic rings. The van der Waals surface area contributed by atoms with E-state index in [4.69, 9.17) is 0 Å². The van der Waals surface area contributed by atoms with Crippen LogP contribution in [0, 0.1) is 0 Å². The fourth-order valence-corrected chi connectivity index (χ4v) is 1.84. The molecule has 0 aliphatic carbocycles. The highest BCUT2D eigenvalue weighted by Gasteiger charge is 2.14. The number of carbonyl (C=O) groups is 2. The van der Waals surface area contributed by atoms with E-state index in [0.29, 0.717) is 19.1 Å². The summed E-state index contributed by atoms with van der Waals surface area (Å²) < 4.78 is 0. The Bertz CT molecular complexity index is 250. The Morgan fingerprint density at radius 3 is 2.53 bits per heavy atom. The van der Waals surface area contributed by atoms with Crippen LogP contribution < -0.4 is 16.0 Å². The molecule has 1 atom stereocenters. The van der Waals surface area contributed by atoms with Gasteiger partial charge in [-0.25, -0.2) is 0 Å². The third-order valence-corrected chi connectivity index (χ3v) is 2.86. The van der Waals surface area contributed by atoms with Crippen molar-refractivity contribution in [3.63, 3.8) is 0 Å². The monoisotopic (exact) mass is 241 g/mol. The second kappa shape index (κ2) is 8.06. The van der Waals surface area contributed by atoms with Crippen LogP contribution in [0.1, 0.15) is 39.0 Å². The lowest BCUT2D eigenvalue weighted by atomic mass is 10.2. The second-order valence-corrected chi connectivity index (χ2v) is 4.45. The summed E-state index contributed by atoms with van der Waals surface area (Å²) in [5.41, 5.74) is 0. The lowest BCUT2D eigenvalue weighted by Gasteiger charge is -2.11. The standard InChI is InChI=1S/C12H23N3O2/c1-2-7-14-11(16)5-6-12(17)15-9-10-4-3-8-13-10/h10,13H,2-9H2,1H3,(H,14,16)(H,15,17). The van der Waals surface area contributed by atoms with Gasteiger partial charge in [0.25, 0.3) is 0 Å². The number of hydrogen-bond donors (Lipinski definition) is 3. The Morgan fingerprint density at radius 2 is 1.94 bits per heavy atom. The summed E-state index contributed by atoms with van der Waals surface area (Å²) in [6.45, 7) is 4.41. The Labute approximate surface area is 103 Å². The molecule has 3 N–H and O–H groups in total. The van der Waals surface area contributed by atoms with E-state index in [2.05, 4.69) is 16.0 Å². The van der Waals surface area contributed by atoms with Crippen LogP contribution in [0.5, 0.6) is 0 Å². The van der Waals surface area contributed by atoms with Gasteiger partial charge in [-0.3, -0.25) is 9.59 Å². The maximum absolute atomic E-state index is 11.5. The molecule has 1 unspecified atom stereocenters. The van der Waals surface area contributed by atoms with Crippen molar-refractivity contribution in [3.8, 4) is 0 Å². The maximum atomic E-state index is 11.5. The van der Waals surface area contributed by atoms with Gasteiger partial charge in [-0.1, -0.05) is 6.92 Å². The summed E-state index contributed by atoms with van der Waals surface area (Å²) in [5.74, 6) is -0.0775. The number of hydrogen-bond acceptors (Lipinski definition) is 3. The SMILES string of the molecule is CCCNC(=O)CCC(=O)NCC1CCCN1. The molecule has 1 heterocycles. The Morgan fingerprint density at radius 1 is 1.24 bits per heavy atom. The zero-order valence-electron chi connectivity index (χ0n) is 10.6. The normalized spacial score (nSPS) is 19.0. The molecular weight excluding hydrogens is 218 g/mol. The van der Waals surface area contributed by atoms with E-state index in [1.807, 2.05) is 6.92 Å². The summed E-state index contributed by atoms with van der Waals surface area (Å²) in [6.07, 6.45) is 3.79. The molecule has 1 rings (SSSR count).